The van der Waals surface area contributed by atoms with E-state index in [-0.39, 0.29) is 11.5 Å². The Kier molecular flexibility index (Phi) is 3.71. The summed E-state index contributed by atoms with van der Waals surface area (Å²) in [5.41, 5.74) is 2.69. The normalized spacial score (nSPS) is 26.3. The number of ether oxygens (including phenoxy) is 1. The first-order valence-corrected chi connectivity index (χ1v) is 8.08. The van der Waals surface area contributed by atoms with Crippen LogP contribution in [-0.2, 0) is 14.9 Å². The van der Waals surface area contributed by atoms with E-state index in [2.05, 4.69) is 30.8 Å². The number of fused-ring (bicyclic) bond motifs is 3. The lowest BCUT2D eigenvalue weighted by Crippen LogP contribution is -2.45. The van der Waals surface area contributed by atoms with E-state index in [0.717, 1.165) is 24.2 Å². The molecule has 1 aromatic rings. The van der Waals surface area contributed by atoms with Crippen LogP contribution in [0.5, 0.6) is 0 Å². The first-order valence-electron chi connectivity index (χ1n) is 8.08. The monoisotopic (exact) mass is 316 g/mol. The standard InChI is InChI=1S/C18H24N2O3/c1-11(2)23-16(22)15(21)12-6-7-14-13(10-12)18(3)8-9-19(4)17(18)20(14)5/h6-7,10-11,17H,8-9H2,1-5H3. The largest absolute Gasteiger partial charge is 0.457 e. The fraction of sp³-hybridized carbons (Fsp3) is 0.556. The van der Waals surface area contributed by atoms with Gasteiger partial charge in [-0.1, -0.05) is 6.92 Å². The minimum Gasteiger partial charge on any atom is -0.457 e. The highest BCUT2D eigenvalue weighted by molar-refractivity contribution is 6.40. The molecular formula is C18H24N2O3. The first-order chi connectivity index (χ1) is 10.8. The van der Waals surface area contributed by atoms with Gasteiger partial charge in [0, 0.05) is 30.3 Å². The summed E-state index contributed by atoms with van der Waals surface area (Å²) in [6.07, 6.45) is 1.04. The van der Waals surface area contributed by atoms with Crippen LogP contribution in [0.1, 0.15) is 43.1 Å². The van der Waals surface area contributed by atoms with Gasteiger partial charge >= 0.3 is 5.97 Å². The SMILES string of the molecule is CC(C)OC(=O)C(=O)c1ccc2c(c1)C1(C)CCN(C)C1N2C. The highest BCUT2D eigenvalue weighted by Crippen LogP contribution is 2.51. The average molecular weight is 316 g/mol. The van der Waals surface area contributed by atoms with Crippen molar-refractivity contribution in [1.82, 2.24) is 4.90 Å². The van der Waals surface area contributed by atoms with Crippen molar-refractivity contribution in [1.29, 1.82) is 0 Å². The third-order valence-corrected chi connectivity index (χ3v) is 5.12. The third kappa shape index (κ3) is 2.34. The number of benzene rings is 1. The number of ketones is 1. The number of likely N-dealkylation sites (N-methyl/N-ethyl adjacent to an activating group) is 2. The highest BCUT2D eigenvalue weighted by Gasteiger charge is 2.52. The van der Waals surface area contributed by atoms with E-state index in [4.69, 9.17) is 4.74 Å². The Morgan fingerprint density at radius 1 is 1.30 bits per heavy atom. The summed E-state index contributed by atoms with van der Waals surface area (Å²) in [5, 5.41) is 0. The zero-order valence-electron chi connectivity index (χ0n) is 14.4. The lowest BCUT2D eigenvalue weighted by molar-refractivity contribution is -0.141. The van der Waals surface area contributed by atoms with Crippen LogP contribution in [0.25, 0.3) is 0 Å². The van der Waals surface area contributed by atoms with Gasteiger partial charge in [0.05, 0.1) is 12.3 Å². The number of nitrogens with zero attached hydrogens (tertiary/aromatic N) is 2. The summed E-state index contributed by atoms with van der Waals surface area (Å²) in [4.78, 5) is 28.8. The maximum Gasteiger partial charge on any atom is 0.379 e. The molecule has 3 rings (SSSR count). The van der Waals surface area contributed by atoms with Gasteiger partial charge in [-0.3, -0.25) is 9.69 Å². The predicted molar refractivity (Wildman–Crippen MR) is 88.8 cm³/mol. The molecule has 5 nitrogen and oxygen atoms in total. The lowest BCUT2D eigenvalue weighted by Gasteiger charge is -2.32. The van der Waals surface area contributed by atoms with E-state index >= 15 is 0 Å². The van der Waals surface area contributed by atoms with Crippen LogP contribution in [0.15, 0.2) is 18.2 Å². The Balaban J connectivity index is 1.97. The molecule has 2 aliphatic heterocycles. The van der Waals surface area contributed by atoms with Gasteiger partial charge in [-0.25, -0.2) is 4.79 Å². The number of carbonyl (C=O) groups excluding carboxylic acids is 2. The van der Waals surface area contributed by atoms with Crippen LogP contribution in [0, 0.1) is 0 Å². The average Bonchev–Trinajstić information content (AvgIpc) is 2.91. The van der Waals surface area contributed by atoms with Gasteiger partial charge in [-0.15, -0.1) is 0 Å². The molecule has 0 radical (unpaired) electrons. The van der Waals surface area contributed by atoms with E-state index in [1.54, 1.807) is 19.9 Å². The number of likely N-dealkylation sites (tertiary alicyclic amines) is 1. The Labute approximate surface area is 137 Å². The van der Waals surface area contributed by atoms with Crippen LogP contribution in [0.4, 0.5) is 5.69 Å². The van der Waals surface area contributed by atoms with Gasteiger partial charge in [-0.05, 0) is 51.1 Å². The predicted octanol–water partition coefficient (Wildman–Crippen LogP) is 2.19. The minimum absolute atomic E-state index is 0.0168. The van der Waals surface area contributed by atoms with E-state index in [1.807, 2.05) is 12.1 Å². The smallest absolute Gasteiger partial charge is 0.379 e. The fourth-order valence-corrected chi connectivity index (χ4v) is 4.10. The van der Waals surface area contributed by atoms with E-state index in [0.29, 0.717) is 11.7 Å². The quantitative estimate of drug-likeness (QED) is 0.486. The molecule has 1 aromatic carbocycles. The number of carbonyl (C=O) groups is 2. The number of rotatable bonds is 3. The molecule has 124 valence electrons. The Morgan fingerprint density at radius 2 is 2.00 bits per heavy atom. The number of anilines is 1. The molecule has 2 heterocycles. The second-order valence-electron chi connectivity index (χ2n) is 7.15. The summed E-state index contributed by atoms with van der Waals surface area (Å²) in [6.45, 7) is 6.74. The molecule has 2 atom stereocenters. The van der Waals surface area contributed by atoms with Crippen molar-refractivity contribution < 1.29 is 14.3 Å². The molecule has 0 saturated carbocycles. The second kappa shape index (κ2) is 5.34. The van der Waals surface area contributed by atoms with Crippen molar-refractivity contribution >= 4 is 17.4 Å². The zero-order valence-corrected chi connectivity index (χ0v) is 14.4. The highest BCUT2D eigenvalue weighted by atomic mass is 16.5. The molecule has 0 spiro atoms. The molecule has 1 fully saturated rings. The van der Waals surface area contributed by atoms with Crippen LogP contribution >= 0.6 is 0 Å². The lowest BCUT2D eigenvalue weighted by atomic mass is 9.80. The molecule has 0 aliphatic carbocycles. The molecular weight excluding hydrogens is 292 g/mol. The zero-order chi connectivity index (χ0) is 16.9. The molecule has 2 unspecified atom stereocenters. The Morgan fingerprint density at radius 3 is 2.65 bits per heavy atom. The summed E-state index contributed by atoms with van der Waals surface area (Å²) in [7, 11) is 4.22. The van der Waals surface area contributed by atoms with Crippen LogP contribution in [0.3, 0.4) is 0 Å². The summed E-state index contributed by atoms with van der Waals surface area (Å²) in [6, 6.07) is 5.56. The number of Topliss-reactive ketones (excluding diaryl/α,β-unsaturated/α-hetero) is 1. The van der Waals surface area contributed by atoms with Crippen LogP contribution in [0.2, 0.25) is 0 Å². The van der Waals surface area contributed by atoms with Gasteiger partial charge in [0.2, 0.25) is 0 Å². The van der Waals surface area contributed by atoms with E-state index < -0.39 is 11.8 Å². The molecule has 0 N–H and O–H groups in total. The molecule has 23 heavy (non-hydrogen) atoms. The van der Waals surface area contributed by atoms with E-state index in [1.165, 1.54) is 0 Å². The summed E-state index contributed by atoms with van der Waals surface area (Å²) >= 11 is 0. The Bertz CT molecular complexity index is 670. The topological polar surface area (TPSA) is 49.9 Å². The summed E-state index contributed by atoms with van der Waals surface area (Å²) in [5.74, 6) is -1.35. The molecule has 0 aromatic heterocycles. The maximum atomic E-state index is 12.3. The van der Waals surface area contributed by atoms with Crippen molar-refractivity contribution in [2.75, 3.05) is 25.5 Å². The Hall–Kier alpha value is -1.88. The van der Waals surface area contributed by atoms with Gasteiger partial charge < -0.3 is 9.64 Å². The van der Waals surface area contributed by atoms with Crippen molar-refractivity contribution in [3.63, 3.8) is 0 Å². The van der Waals surface area contributed by atoms with E-state index in [9.17, 15) is 9.59 Å². The molecule has 0 amide bonds. The second-order valence-corrected chi connectivity index (χ2v) is 7.15. The number of esters is 1. The van der Waals surface area contributed by atoms with Gasteiger partial charge in [0.1, 0.15) is 0 Å². The molecule has 0 bridgehead atoms. The van der Waals surface area contributed by atoms with Crippen molar-refractivity contribution in [2.24, 2.45) is 0 Å². The van der Waals surface area contributed by atoms with Crippen LogP contribution < -0.4 is 4.90 Å². The van der Waals surface area contributed by atoms with Gasteiger partial charge in [-0.2, -0.15) is 0 Å². The van der Waals surface area contributed by atoms with Gasteiger partial charge in [0.25, 0.3) is 5.78 Å². The minimum atomic E-state index is -0.781. The van der Waals surface area contributed by atoms with Gasteiger partial charge in [0.15, 0.2) is 0 Å². The number of hydrogen-bond donors (Lipinski definition) is 0. The third-order valence-electron chi connectivity index (χ3n) is 5.12. The van der Waals surface area contributed by atoms with Crippen LogP contribution in [-0.4, -0.2) is 49.6 Å². The first kappa shape index (κ1) is 16.0. The van der Waals surface area contributed by atoms with Crippen molar-refractivity contribution in [3.8, 4) is 0 Å². The summed E-state index contributed by atoms with van der Waals surface area (Å²) < 4.78 is 5.03. The molecule has 1 saturated heterocycles. The van der Waals surface area contributed by atoms with Crippen molar-refractivity contribution in [2.45, 2.75) is 44.9 Å². The van der Waals surface area contributed by atoms with Crippen molar-refractivity contribution in [3.05, 3.63) is 29.3 Å². The maximum absolute atomic E-state index is 12.3. The fourth-order valence-electron chi connectivity index (χ4n) is 4.10. The molecule has 2 aliphatic rings. The number of hydrogen-bond acceptors (Lipinski definition) is 5. The molecule has 5 heteroatoms.